The van der Waals surface area contributed by atoms with Crippen molar-refractivity contribution in [2.24, 2.45) is 0 Å². The van der Waals surface area contributed by atoms with Crippen molar-refractivity contribution in [3.05, 3.63) is 35.4 Å². The molecule has 2 rings (SSSR count). The van der Waals surface area contributed by atoms with Gasteiger partial charge in [-0.1, -0.05) is 6.42 Å². The third kappa shape index (κ3) is 3.79. The van der Waals surface area contributed by atoms with E-state index in [0.717, 1.165) is 56.4 Å². The molecule has 1 saturated carbocycles. The maximum Gasteiger partial charge on any atom is 0.328 e. The molecule has 0 aliphatic heterocycles. The molecular weight excluding hydrogens is 266 g/mol. The third-order valence-electron chi connectivity index (χ3n) is 3.28. The number of rotatable bonds is 4. The summed E-state index contributed by atoms with van der Waals surface area (Å²) in [6.45, 7) is 0. The van der Waals surface area contributed by atoms with E-state index in [9.17, 15) is 13.6 Å². The summed E-state index contributed by atoms with van der Waals surface area (Å²) in [6, 6.07) is 2.14. The zero-order chi connectivity index (χ0) is 14.5. The van der Waals surface area contributed by atoms with Gasteiger partial charge >= 0.3 is 5.97 Å². The van der Waals surface area contributed by atoms with Crippen LogP contribution in [0.1, 0.15) is 37.7 Å². The molecule has 1 aromatic carbocycles. The van der Waals surface area contributed by atoms with E-state index in [0.29, 0.717) is 0 Å². The molecule has 0 aromatic heterocycles. The van der Waals surface area contributed by atoms with Gasteiger partial charge in [0, 0.05) is 6.08 Å². The van der Waals surface area contributed by atoms with E-state index >= 15 is 0 Å². The molecule has 1 aliphatic rings. The Labute approximate surface area is 115 Å². The van der Waals surface area contributed by atoms with Crippen molar-refractivity contribution < 1.29 is 23.4 Å². The maximum absolute atomic E-state index is 13.8. The van der Waals surface area contributed by atoms with Gasteiger partial charge in [0.2, 0.25) is 0 Å². The molecule has 3 nitrogen and oxygen atoms in total. The first-order valence-corrected chi connectivity index (χ1v) is 6.63. The number of halogens is 2. The minimum atomic E-state index is -1.17. The summed E-state index contributed by atoms with van der Waals surface area (Å²) in [6.07, 6.45) is 6.58. The molecule has 1 aliphatic carbocycles. The van der Waals surface area contributed by atoms with Gasteiger partial charge < -0.3 is 9.84 Å². The highest BCUT2D eigenvalue weighted by atomic mass is 19.1. The topological polar surface area (TPSA) is 46.5 Å². The van der Waals surface area contributed by atoms with Crippen LogP contribution < -0.4 is 4.74 Å². The average Bonchev–Trinajstić information content (AvgIpc) is 2.42. The lowest BCUT2D eigenvalue weighted by atomic mass is 9.98. The summed E-state index contributed by atoms with van der Waals surface area (Å²) in [5.41, 5.74) is 0.151. The van der Waals surface area contributed by atoms with Crippen LogP contribution in [0.2, 0.25) is 0 Å². The maximum atomic E-state index is 13.8. The number of ether oxygens (including phenoxy) is 1. The third-order valence-corrected chi connectivity index (χ3v) is 3.28. The van der Waals surface area contributed by atoms with Gasteiger partial charge in [0.05, 0.1) is 6.10 Å². The van der Waals surface area contributed by atoms with Crippen molar-refractivity contribution in [1.82, 2.24) is 0 Å². The molecular formula is C15H16F2O3. The van der Waals surface area contributed by atoms with Crippen LogP contribution in [0.5, 0.6) is 5.75 Å². The summed E-state index contributed by atoms with van der Waals surface area (Å²) in [7, 11) is 0. The number of hydrogen-bond donors (Lipinski definition) is 1. The molecule has 5 heteroatoms. The lowest BCUT2D eigenvalue weighted by molar-refractivity contribution is -0.131. The van der Waals surface area contributed by atoms with Crippen LogP contribution in [0.4, 0.5) is 8.78 Å². The van der Waals surface area contributed by atoms with E-state index in [1.165, 1.54) is 0 Å². The van der Waals surface area contributed by atoms with Crippen LogP contribution >= 0.6 is 0 Å². The molecule has 1 N–H and O–H groups in total. The van der Waals surface area contributed by atoms with Gasteiger partial charge in [0.15, 0.2) is 17.4 Å². The molecule has 0 unspecified atom stereocenters. The van der Waals surface area contributed by atoms with Crippen molar-refractivity contribution in [2.45, 2.75) is 38.2 Å². The number of benzene rings is 1. The zero-order valence-electron chi connectivity index (χ0n) is 10.9. The van der Waals surface area contributed by atoms with Gasteiger partial charge in [0.1, 0.15) is 0 Å². The van der Waals surface area contributed by atoms with Gasteiger partial charge in [-0.05, 0) is 49.5 Å². The molecule has 0 heterocycles. The minimum absolute atomic E-state index is 0.145. The summed E-state index contributed by atoms with van der Waals surface area (Å²) < 4.78 is 33.1. The van der Waals surface area contributed by atoms with Crippen LogP contribution in [0.15, 0.2) is 18.2 Å². The van der Waals surface area contributed by atoms with Gasteiger partial charge in [-0.15, -0.1) is 0 Å². The van der Waals surface area contributed by atoms with Crippen LogP contribution in [0, 0.1) is 11.6 Å². The molecule has 0 radical (unpaired) electrons. The molecule has 20 heavy (non-hydrogen) atoms. The number of carbonyl (C=O) groups is 1. The molecule has 1 fully saturated rings. The SMILES string of the molecule is O=C(O)/C=C/c1cc(F)c(OC2CCCCC2)c(F)c1. The Balaban J connectivity index is 2.15. The molecule has 0 amide bonds. The van der Waals surface area contributed by atoms with E-state index in [1.54, 1.807) is 0 Å². The molecule has 108 valence electrons. The van der Waals surface area contributed by atoms with Crippen LogP contribution in [0.25, 0.3) is 6.08 Å². The quantitative estimate of drug-likeness (QED) is 0.855. The summed E-state index contributed by atoms with van der Waals surface area (Å²) >= 11 is 0. The summed E-state index contributed by atoms with van der Waals surface area (Å²) in [4.78, 5) is 10.4. The molecule has 0 spiro atoms. The Bertz CT molecular complexity index is 497. The van der Waals surface area contributed by atoms with Crippen molar-refractivity contribution in [3.8, 4) is 5.75 Å². The summed E-state index contributed by atoms with van der Waals surface area (Å²) in [5, 5.41) is 8.49. The number of aliphatic carboxylic acids is 1. The van der Waals surface area contributed by atoms with E-state index in [1.807, 2.05) is 0 Å². The molecule has 1 aromatic rings. The Morgan fingerprint density at radius 3 is 2.35 bits per heavy atom. The fraction of sp³-hybridized carbons (Fsp3) is 0.400. The lowest BCUT2D eigenvalue weighted by Crippen LogP contribution is -2.20. The van der Waals surface area contributed by atoms with Crippen LogP contribution in [-0.4, -0.2) is 17.2 Å². The highest BCUT2D eigenvalue weighted by Gasteiger charge is 2.19. The molecule has 0 atom stereocenters. The second-order valence-corrected chi connectivity index (χ2v) is 4.86. The standard InChI is InChI=1S/C15H16F2O3/c16-12-8-10(6-7-14(18)19)9-13(17)15(12)20-11-4-2-1-3-5-11/h6-9,11H,1-5H2,(H,18,19)/b7-6+. The number of carboxylic acid groups (broad SMARTS) is 1. The molecule has 0 saturated heterocycles. The van der Waals surface area contributed by atoms with Gasteiger partial charge in [-0.2, -0.15) is 0 Å². The van der Waals surface area contributed by atoms with Gasteiger partial charge in [-0.3, -0.25) is 0 Å². The van der Waals surface area contributed by atoms with E-state index in [-0.39, 0.29) is 17.4 Å². The fourth-order valence-electron chi connectivity index (χ4n) is 2.31. The van der Waals surface area contributed by atoms with Gasteiger partial charge in [-0.25, -0.2) is 13.6 Å². The Hall–Kier alpha value is -1.91. The highest BCUT2D eigenvalue weighted by molar-refractivity contribution is 5.85. The zero-order valence-corrected chi connectivity index (χ0v) is 10.9. The number of carboxylic acids is 1. The highest BCUT2D eigenvalue weighted by Crippen LogP contribution is 2.29. The van der Waals surface area contributed by atoms with E-state index < -0.39 is 17.6 Å². The first kappa shape index (κ1) is 14.5. The van der Waals surface area contributed by atoms with E-state index in [4.69, 9.17) is 9.84 Å². The normalized spacial score (nSPS) is 16.5. The largest absolute Gasteiger partial charge is 0.484 e. The monoisotopic (exact) mass is 282 g/mol. The van der Waals surface area contributed by atoms with Crippen LogP contribution in [0.3, 0.4) is 0 Å². The summed E-state index contributed by atoms with van der Waals surface area (Å²) in [5.74, 6) is -3.15. The minimum Gasteiger partial charge on any atom is -0.484 e. The van der Waals surface area contributed by atoms with E-state index in [2.05, 4.69) is 0 Å². The van der Waals surface area contributed by atoms with Crippen LogP contribution in [-0.2, 0) is 4.79 Å². The first-order valence-electron chi connectivity index (χ1n) is 6.63. The Morgan fingerprint density at radius 2 is 1.80 bits per heavy atom. The predicted molar refractivity (Wildman–Crippen MR) is 70.5 cm³/mol. The lowest BCUT2D eigenvalue weighted by Gasteiger charge is -2.23. The van der Waals surface area contributed by atoms with Crippen molar-refractivity contribution in [2.75, 3.05) is 0 Å². The first-order chi connectivity index (χ1) is 9.56. The van der Waals surface area contributed by atoms with Crippen molar-refractivity contribution in [3.63, 3.8) is 0 Å². The average molecular weight is 282 g/mol. The molecule has 0 bridgehead atoms. The Morgan fingerprint density at radius 1 is 1.20 bits per heavy atom. The second-order valence-electron chi connectivity index (χ2n) is 4.86. The van der Waals surface area contributed by atoms with Gasteiger partial charge in [0.25, 0.3) is 0 Å². The predicted octanol–water partition coefficient (Wildman–Crippen LogP) is 3.77. The van der Waals surface area contributed by atoms with Crippen molar-refractivity contribution >= 4 is 12.0 Å². The fourth-order valence-corrected chi connectivity index (χ4v) is 2.31. The second kappa shape index (κ2) is 6.50. The Kier molecular flexibility index (Phi) is 4.71. The smallest absolute Gasteiger partial charge is 0.328 e. The van der Waals surface area contributed by atoms with Crippen molar-refractivity contribution in [1.29, 1.82) is 0 Å². The number of hydrogen-bond acceptors (Lipinski definition) is 2.